The van der Waals surface area contributed by atoms with E-state index in [4.69, 9.17) is 10.7 Å². The molecule has 0 radical (unpaired) electrons. The van der Waals surface area contributed by atoms with Crippen LogP contribution in [-0.4, -0.2) is 28.5 Å². The topological polar surface area (TPSA) is 119 Å². The third-order valence-corrected chi connectivity index (χ3v) is 3.25. The molecule has 0 atom stereocenters. The Morgan fingerprint density at radius 3 is 2.40 bits per heavy atom. The summed E-state index contributed by atoms with van der Waals surface area (Å²) in [5.41, 5.74) is -1.31. The summed E-state index contributed by atoms with van der Waals surface area (Å²) in [5.74, 6) is -3.30. The maximum Gasteiger partial charge on any atom is 0.296 e. The van der Waals surface area contributed by atoms with Gasteiger partial charge in [-0.05, 0) is 6.07 Å². The summed E-state index contributed by atoms with van der Waals surface area (Å²) < 4.78 is 48.1. The number of halogens is 3. The minimum Gasteiger partial charge on any atom is -0.258 e. The van der Waals surface area contributed by atoms with Gasteiger partial charge in [0.15, 0.2) is 17.5 Å². The van der Waals surface area contributed by atoms with Gasteiger partial charge in [-0.3, -0.25) is 10.1 Å². The summed E-state index contributed by atoms with van der Waals surface area (Å²) in [7, 11) is 0.753. The standard InChI is InChI=1S/C8H3ClF2N4O4S/c9-20(18,19)8-12-7(13-14-8)3-1-4(10)5(11)2-6(3)15(16)17/h1-2H,(H,12,13,14). The zero-order chi connectivity index (χ0) is 15.1. The van der Waals surface area contributed by atoms with Crippen molar-refractivity contribution in [3.8, 4) is 11.4 Å². The van der Waals surface area contributed by atoms with Crippen LogP contribution in [0.3, 0.4) is 0 Å². The van der Waals surface area contributed by atoms with Gasteiger partial charge in [0.05, 0.1) is 11.0 Å². The molecule has 8 nitrogen and oxygen atoms in total. The van der Waals surface area contributed by atoms with Gasteiger partial charge in [-0.15, -0.1) is 0 Å². The molecular weight excluding hydrogens is 322 g/mol. The average molecular weight is 325 g/mol. The maximum absolute atomic E-state index is 13.1. The Morgan fingerprint density at radius 1 is 1.30 bits per heavy atom. The summed E-state index contributed by atoms with van der Waals surface area (Å²) >= 11 is 0. The van der Waals surface area contributed by atoms with E-state index in [1.807, 2.05) is 5.10 Å². The largest absolute Gasteiger partial charge is 0.296 e. The molecule has 2 aromatic rings. The first-order valence-corrected chi connectivity index (χ1v) is 7.02. The summed E-state index contributed by atoms with van der Waals surface area (Å²) in [6.45, 7) is 0. The molecule has 1 N–H and O–H groups in total. The number of benzene rings is 1. The van der Waals surface area contributed by atoms with E-state index in [0.29, 0.717) is 12.1 Å². The number of hydrogen-bond acceptors (Lipinski definition) is 6. The highest BCUT2D eigenvalue weighted by Crippen LogP contribution is 2.30. The summed E-state index contributed by atoms with van der Waals surface area (Å²) in [6.07, 6.45) is 0. The summed E-state index contributed by atoms with van der Waals surface area (Å²) in [6, 6.07) is 0.831. The van der Waals surface area contributed by atoms with Crippen LogP contribution in [0.1, 0.15) is 0 Å². The Kier molecular flexibility index (Phi) is 3.39. The molecule has 1 heterocycles. The lowest BCUT2D eigenvalue weighted by molar-refractivity contribution is -0.384. The Balaban J connectivity index is 2.66. The number of nitro benzene ring substituents is 1. The van der Waals surface area contributed by atoms with Crippen LogP contribution in [0.15, 0.2) is 17.3 Å². The molecule has 0 saturated carbocycles. The molecule has 1 aromatic heterocycles. The third kappa shape index (κ3) is 2.58. The van der Waals surface area contributed by atoms with Crippen molar-refractivity contribution in [3.05, 3.63) is 33.9 Å². The number of rotatable bonds is 3. The molecule has 0 aliphatic carbocycles. The van der Waals surface area contributed by atoms with Gasteiger partial charge < -0.3 is 0 Å². The van der Waals surface area contributed by atoms with Crippen LogP contribution in [0.2, 0.25) is 0 Å². The molecule has 12 heteroatoms. The number of hydrogen-bond donors (Lipinski definition) is 1. The van der Waals surface area contributed by atoms with E-state index in [2.05, 4.69) is 10.1 Å². The second-order valence-electron chi connectivity index (χ2n) is 3.44. The molecule has 106 valence electrons. The van der Waals surface area contributed by atoms with Gasteiger partial charge in [0.2, 0.25) is 0 Å². The van der Waals surface area contributed by atoms with Crippen LogP contribution in [0.4, 0.5) is 14.5 Å². The third-order valence-electron chi connectivity index (χ3n) is 2.17. The molecule has 1 aromatic carbocycles. The minimum atomic E-state index is -4.24. The van der Waals surface area contributed by atoms with Crippen molar-refractivity contribution in [1.82, 2.24) is 15.2 Å². The first kappa shape index (κ1) is 14.3. The molecule has 20 heavy (non-hydrogen) atoms. The smallest absolute Gasteiger partial charge is 0.258 e. The number of nitrogens with one attached hydrogen (secondary N) is 1. The van der Waals surface area contributed by atoms with Gasteiger partial charge >= 0.3 is 0 Å². The van der Waals surface area contributed by atoms with E-state index >= 15 is 0 Å². The van der Waals surface area contributed by atoms with Crippen molar-refractivity contribution in [2.45, 2.75) is 5.16 Å². The van der Waals surface area contributed by atoms with Gasteiger partial charge in [0, 0.05) is 10.7 Å². The van der Waals surface area contributed by atoms with Gasteiger partial charge in [-0.2, -0.15) is 10.1 Å². The highest BCUT2D eigenvalue weighted by atomic mass is 35.7. The van der Waals surface area contributed by atoms with Crippen molar-refractivity contribution in [1.29, 1.82) is 0 Å². The zero-order valence-electron chi connectivity index (χ0n) is 9.17. The van der Waals surface area contributed by atoms with Crippen LogP contribution >= 0.6 is 10.7 Å². The Hall–Kier alpha value is -2.14. The van der Waals surface area contributed by atoms with E-state index in [1.165, 1.54) is 0 Å². The fraction of sp³-hybridized carbons (Fsp3) is 0. The summed E-state index contributed by atoms with van der Waals surface area (Å²) in [4.78, 5) is 13.2. The quantitative estimate of drug-likeness (QED) is 0.520. The Labute approximate surface area is 114 Å². The average Bonchev–Trinajstić information content (AvgIpc) is 2.80. The molecule has 0 bridgehead atoms. The van der Waals surface area contributed by atoms with Gasteiger partial charge in [0.25, 0.3) is 19.9 Å². The SMILES string of the molecule is O=[N+]([O-])c1cc(F)c(F)cc1-c1n[nH]c(S(=O)(=O)Cl)n1. The van der Waals surface area contributed by atoms with Crippen LogP contribution in [0, 0.1) is 21.7 Å². The van der Waals surface area contributed by atoms with Gasteiger partial charge in [-0.25, -0.2) is 22.3 Å². The predicted molar refractivity (Wildman–Crippen MR) is 61.4 cm³/mol. The lowest BCUT2D eigenvalue weighted by atomic mass is 10.1. The van der Waals surface area contributed by atoms with Crippen molar-refractivity contribution in [3.63, 3.8) is 0 Å². The first-order valence-electron chi connectivity index (χ1n) is 4.71. The number of H-pyrrole nitrogens is 1. The molecule has 0 fully saturated rings. The Morgan fingerprint density at radius 2 is 1.90 bits per heavy atom. The first-order chi connectivity index (χ1) is 9.20. The molecule has 0 spiro atoms. The molecule has 0 aliphatic rings. The predicted octanol–water partition coefficient (Wildman–Crippen LogP) is 1.59. The van der Waals surface area contributed by atoms with E-state index in [1.54, 1.807) is 0 Å². The molecule has 0 amide bonds. The van der Waals surface area contributed by atoms with E-state index in [9.17, 15) is 27.3 Å². The van der Waals surface area contributed by atoms with Crippen molar-refractivity contribution in [2.75, 3.05) is 0 Å². The number of aromatic nitrogens is 3. The van der Waals surface area contributed by atoms with E-state index in [0.717, 1.165) is 0 Å². The van der Waals surface area contributed by atoms with Gasteiger partial charge in [0.1, 0.15) is 5.56 Å². The number of aromatic amines is 1. The highest BCUT2D eigenvalue weighted by Gasteiger charge is 2.25. The minimum absolute atomic E-state index is 0.343. The van der Waals surface area contributed by atoms with Crippen molar-refractivity contribution < 1.29 is 22.1 Å². The van der Waals surface area contributed by atoms with Crippen molar-refractivity contribution in [2.24, 2.45) is 0 Å². The molecule has 0 saturated heterocycles. The van der Waals surface area contributed by atoms with Crippen LogP contribution in [0.25, 0.3) is 11.4 Å². The molecule has 2 rings (SSSR count). The monoisotopic (exact) mass is 324 g/mol. The fourth-order valence-electron chi connectivity index (χ4n) is 1.34. The lowest BCUT2D eigenvalue weighted by Crippen LogP contribution is -1.97. The second-order valence-corrected chi connectivity index (χ2v) is 5.92. The maximum atomic E-state index is 13.1. The number of nitrogens with zero attached hydrogens (tertiary/aromatic N) is 3. The Bertz CT molecular complexity index is 807. The van der Waals surface area contributed by atoms with Crippen LogP contribution < -0.4 is 0 Å². The number of nitro groups is 1. The molecule has 0 unspecified atom stereocenters. The van der Waals surface area contributed by atoms with Crippen LogP contribution in [0.5, 0.6) is 0 Å². The zero-order valence-corrected chi connectivity index (χ0v) is 10.7. The van der Waals surface area contributed by atoms with E-state index in [-0.39, 0.29) is 0 Å². The lowest BCUT2D eigenvalue weighted by Gasteiger charge is -1.99. The molecular formula is C8H3ClF2N4O4S. The van der Waals surface area contributed by atoms with Crippen LogP contribution in [-0.2, 0) is 9.05 Å². The highest BCUT2D eigenvalue weighted by molar-refractivity contribution is 8.13. The fourth-order valence-corrected chi connectivity index (χ4v) is 1.90. The second kappa shape index (κ2) is 4.76. The van der Waals surface area contributed by atoms with Crippen molar-refractivity contribution >= 4 is 25.4 Å². The summed E-state index contributed by atoms with van der Waals surface area (Å²) in [5, 5.41) is 15.3. The normalized spacial score (nSPS) is 11.6. The van der Waals surface area contributed by atoms with Gasteiger partial charge in [-0.1, -0.05) is 0 Å². The van der Waals surface area contributed by atoms with E-state index < -0.39 is 47.8 Å². The molecule has 0 aliphatic heterocycles.